The second kappa shape index (κ2) is 5.09. The third kappa shape index (κ3) is 2.73. The van der Waals surface area contributed by atoms with Crippen molar-refractivity contribution in [3.63, 3.8) is 0 Å². The second-order valence-electron chi connectivity index (χ2n) is 4.00. The van der Waals surface area contributed by atoms with E-state index in [1.54, 1.807) is 6.20 Å². The maximum atomic E-state index is 5.82. The average Bonchev–Trinajstić information content (AvgIpc) is 2.46. The van der Waals surface area contributed by atoms with Crippen molar-refractivity contribution in [2.45, 2.75) is 0 Å². The lowest BCUT2D eigenvalue weighted by Crippen LogP contribution is -1.87. The van der Waals surface area contributed by atoms with Crippen LogP contribution < -0.4 is 0 Å². The summed E-state index contributed by atoms with van der Waals surface area (Å²) in [4.78, 5) is 8.77. The van der Waals surface area contributed by atoms with Crippen LogP contribution in [0.5, 0.6) is 0 Å². The molecule has 0 unspecified atom stereocenters. The summed E-state index contributed by atoms with van der Waals surface area (Å²) in [5.41, 5.74) is 3.29. The van der Waals surface area contributed by atoms with Crippen molar-refractivity contribution in [3.8, 4) is 11.8 Å². The Labute approximate surface area is 116 Å². The summed E-state index contributed by atoms with van der Waals surface area (Å²) in [6.07, 6.45) is 1.69. The van der Waals surface area contributed by atoms with Crippen LogP contribution in [-0.2, 0) is 0 Å². The van der Waals surface area contributed by atoms with Crippen LogP contribution in [-0.4, -0.2) is 9.97 Å². The molecule has 0 atom stereocenters. The summed E-state index contributed by atoms with van der Waals surface area (Å²) in [6.45, 7) is 0. The summed E-state index contributed by atoms with van der Waals surface area (Å²) in [5, 5.41) is 0.705. The van der Waals surface area contributed by atoms with Gasteiger partial charge in [-0.15, -0.1) is 0 Å². The van der Waals surface area contributed by atoms with Crippen molar-refractivity contribution in [1.29, 1.82) is 0 Å². The number of nitrogens with zero attached hydrogens (tertiary/aromatic N) is 2. The Morgan fingerprint density at radius 1 is 0.842 bits per heavy atom. The normalized spacial score (nSPS) is 9.95. The quantitative estimate of drug-likeness (QED) is 0.579. The zero-order chi connectivity index (χ0) is 13.1. The Balaban J connectivity index is 1.95. The van der Waals surface area contributed by atoms with Crippen LogP contribution in [0.4, 0.5) is 0 Å². The van der Waals surface area contributed by atoms with E-state index in [-0.39, 0.29) is 0 Å². The topological polar surface area (TPSA) is 25.8 Å². The third-order valence-corrected chi connectivity index (χ3v) is 2.88. The van der Waals surface area contributed by atoms with Crippen LogP contribution in [0, 0.1) is 11.8 Å². The number of hydrogen-bond acceptors (Lipinski definition) is 2. The average molecular weight is 265 g/mol. The fourth-order valence-corrected chi connectivity index (χ4v) is 1.81. The van der Waals surface area contributed by atoms with Gasteiger partial charge in [-0.05, 0) is 42.3 Å². The Bertz CT molecular complexity index is 783. The van der Waals surface area contributed by atoms with Gasteiger partial charge in [-0.2, -0.15) is 0 Å². The molecule has 3 heteroatoms. The first kappa shape index (κ1) is 11.7. The predicted molar refractivity (Wildman–Crippen MR) is 77.0 cm³/mol. The van der Waals surface area contributed by atoms with Crippen molar-refractivity contribution in [1.82, 2.24) is 9.97 Å². The zero-order valence-electron chi connectivity index (χ0n) is 9.97. The molecule has 3 aromatic rings. The maximum Gasteiger partial charge on any atom is 0.132 e. The van der Waals surface area contributed by atoms with Crippen LogP contribution in [0.25, 0.3) is 11.0 Å². The van der Waals surface area contributed by atoms with E-state index < -0.39 is 0 Å². The van der Waals surface area contributed by atoms with Gasteiger partial charge in [0.2, 0.25) is 0 Å². The van der Waals surface area contributed by atoms with E-state index in [2.05, 4.69) is 21.8 Å². The van der Waals surface area contributed by atoms with Gasteiger partial charge in [0.25, 0.3) is 0 Å². The van der Waals surface area contributed by atoms with E-state index in [0.29, 0.717) is 10.7 Å². The summed E-state index contributed by atoms with van der Waals surface area (Å²) in [6, 6.07) is 15.1. The summed E-state index contributed by atoms with van der Waals surface area (Å²) in [7, 11) is 0. The summed E-state index contributed by atoms with van der Waals surface area (Å²) in [5.74, 6) is 6.05. The molecule has 3 rings (SSSR count). The standard InChI is InChI=1S/C16H9ClN2/c17-13-8-5-12(6-9-13)7-10-14-11-18-15-3-1-2-4-16(15)19-14/h1-6,8-9,11H. The monoisotopic (exact) mass is 264 g/mol. The SMILES string of the molecule is Clc1ccc(C#Cc2cnc3ccccc3n2)cc1. The number of benzene rings is 2. The van der Waals surface area contributed by atoms with E-state index in [1.165, 1.54) is 0 Å². The molecule has 19 heavy (non-hydrogen) atoms. The first-order chi connectivity index (χ1) is 9.31. The first-order valence-electron chi connectivity index (χ1n) is 5.81. The van der Waals surface area contributed by atoms with Crippen molar-refractivity contribution in [2.75, 3.05) is 0 Å². The highest BCUT2D eigenvalue weighted by molar-refractivity contribution is 6.30. The molecule has 0 saturated heterocycles. The highest BCUT2D eigenvalue weighted by atomic mass is 35.5. The first-order valence-corrected chi connectivity index (χ1v) is 6.18. The lowest BCUT2D eigenvalue weighted by Gasteiger charge is -1.95. The smallest absolute Gasteiger partial charge is 0.132 e. The minimum absolute atomic E-state index is 0.661. The van der Waals surface area contributed by atoms with E-state index in [0.717, 1.165) is 16.6 Å². The highest BCUT2D eigenvalue weighted by Gasteiger charge is 1.95. The Morgan fingerprint density at radius 2 is 1.58 bits per heavy atom. The molecule has 1 heterocycles. The Morgan fingerprint density at radius 3 is 2.37 bits per heavy atom. The molecule has 0 spiro atoms. The molecule has 0 amide bonds. The molecular formula is C16H9ClN2. The van der Waals surface area contributed by atoms with Crippen LogP contribution in [0.1, 0.15) is 11.3 Å². The lowest BCUT2D eigenvalue weighted by atomic mass is 10.2. The molecule has 0 aliphatic carbocycles. The minimum atomic E-state index is 0.661. The number of fused-ring (bicyclic) bond motifs is 1. The van der Waals surface area contributed by atoms with Crippen molar-refractivity contribution in [2.24, 2.45) is 0 Å². The molecule has 2 nitrogen and oxygen atoms in total. The maximum absolute atomic E-state index is 5.82. The Hall–Kier alpha value is -2.37. The molecule has 0 N–H and O–H groups in total. The van der Waals surface area contributed by atoms with Gasteiger partial charge >= 0.3 is 0 Å². The molecule has 0 saturated carbocycles. The number of para-hydroxylation sites is 2. The molecule has 0 aliphatic rings. The van der Waals surface area contributed by atoms with Gasteiger partial charge in [-0.1, -0.05) is 29.7 Å². The fraction of sp³-hybridized carbons (Fsp3) is 0. The largest absolute Gasteiger partial charge is 0.252 e. The molecule has 0 radical (unpaired) electrons. The lowest BCUT2D eigenvalue weighted by molar-refractivity contribution is 1.26. The van der Waals surface area contributed by atoms with E-state index in [9.17, 15) is 0 Å². The van der Waals surface area contributed by atoms with E-state index in [4.69, 9.17) is 11.6 Å². The number of aromatic nitrogens is 2. The van der Waals surface area contributed by atoms with Crippen molar-refractivity contribution < 1.29 is 0 Å². The molecule has 1 aromatic heterocycles. The van der Waals surface area contributed by atoms with E-state index in [1.807, 2.05) is 48.5 Å². The van der Waals surface area contributed by atoms with Crippen LogP contribution in [0.15, 0.2) is 54.7 Å². The van der Waals surface area contributed by atoms with Gasteiger partial charge in [-0.25, -0.2) is 4.98 Å². The van der Waals surface area contributed by atoms with Crippen molar-refractivity contribution >= 4 is 22.6 Å². The summed E-state index contributed by atoms with van der Waals surface area (Å²) < 4.78 is 0. The highest BCUT2D eigenvalue weighted by Crippen LogP contribution is 2.09. The molecule has 0 aliphatic heterocycles. The van der Waals surface area contributed by atoms with Crippen LogP contribution in [0.2, 0.25) is 5.02 Å². The molecule has 2 aromatic carbocycles. The third-order valence-electron chi connectivity index (χ3n) is 2.63. The van der Waals surface area contributed by atoms with Gasteiger partial charge in [0.15, 0.2) is 0 Å². The number of hydrogen-bond donors (Lipinski definition) is 0. The molecule has 0 bridgehead atoms. The second-order valence-corrected chi connectivity index (χ2v) is 4.44. The predicted octanol–water partition coefficient (Wildman–Crippen LogP) is 3.68. The fourth-order valence-electron chi connectivity index (χ4n) is 1.69. The van der Waals surface area contributed by atoms with Crippen molar-refractivity contribution in [3.05, 3.63) is 71.0 Å². The zero-order valence-corrected chi connectivity index (χ0v) is 10.7. The summed E-state index contributed by atoms with van der Waals surface area (Å²) >= 11 is 5.82. The Kier molecular flexibility index (Phi) is 3.14. The molecule has 90 valence electrons. The van der Waals surface area contributed by atoms with Crippen LogP contribution >= 0.6 is 11.6 Å². The molecule has 0 fully saturated rings. The number of halogens is 1. The van der Waals surface area contributed by atoms with Gasteiger partial charge in [0.1, 0.15) is 5.69 Å². The van der Waals surface area contributed by atoms with Crippen LogP contribution in [0.3, 0.4) is 0 Å². The van der Waals surface area contributed by atoms with Gasteiger partial charge in [-0.3, -0.25) is 4.98 Å². The molecular weight excluding hydrogens is 256 g/mol. The minimum Gasteiger partial charge on any atom is -0.252 e. The van der Waals surface area contributed by atoms with E-state index >= 15 is 0 Å². The number of rotatable bonds is 0. The van der Waals surface area contributed by atoms with Gasteiger partial charge < -0.3 is 0 Å². The van der Waals surface area contributed by atoms with Gasteiger partial charge in [0, 0.05) is 10.6 Å². The van der Waals surface area contributed by atoms with Gasteiger partial charge in [0.05, 0.1) is 17.2 Å².